The van der Waals surface area contributed by atoms with E-state index in [4.69, 9.17) is 4.74 Å². The Bertz CT molecular complexity index is 617. The molecule has 0 fully saturated rings. The normalized spacial score (nSPS) is 17.0. The van der Waals surface area contributed by atoms with Crippen molar-refractivity contribution in [1.29, 1.82) is 0 Å². The summed E-state index contributed by atoms with van der Waals surface area (Å²) >= 11 is 5.39. The predicted molar refractivity (Wildman–Crippen MR) is 87.0 cm³/mol. The molecule has 0 bridgehead atoms. The van der Waals surface area contributed by atoms with Crippen LogP contribution in [0.5, 0.6) is 5.75 Å². The highest BCUT2D eigenvalue weighted by atomic mass is 79.9. The Balaban J connectivity index is 1.72. The largest absolute Gasteiger partial charge is 0.491 e. The molecule has 0 N–H and O–H groups in total. The second-order valence-corrected chi connectivity index (χ2v) is 6.51. The number of benzene rings is 1. The van der Waals surface area contributed by atoms with Crippen LogP contribution in [0.2, 0.25) is 0 Å². The third kappa shape index (κ3) is 2.86. The quantitative estimate of drug-likeness (QED) is 0.755. The average molecular weight is 350 g/mol. The number of rotatable bonds is 4. The minimum Gasteiger partial charge on any atom is -0.491 e. The van der Waals surface area contributed by atoms with Crippen LogP contribution in [0.4, 0.5) is 0 Å². The molecule has 1 aliphatic rings. The average Bonchev–Trinajstić information content (AvgIpc) is 2.89. The van der Waals surface area contributed by atoms with Gasteiger partial charge in [-0.15, -0.1) is 11.8 Å². The number of thioether (sulfide) groups is 1. The van der Waals surface area contributed by atoms with Crippen molar-refractivity contribution < 1.29 is 4.74 Å². The highest BCUT2D eigenvalue weighted by Crippen LogP contribution is 2.39. The molecule has 3 rings (SSSR count). The molecule has 1 unspecified atom stereocenters. The van der Waals surface area contributed by atoms with E-state index in [2.05, 4.69) is 45.2 Å². The van der Waals surface area contributed by atoms with Gasteiger partial charge in [0.15, 0.2) is 0 Å². The van der Waals surface area contributed by atoms with E-state index >= 15 is 0 Å². The Morgan fingerprint density at radius 2 is 2.15 bits per heavy atom. The van der Waals surface area contributed by atoms with Crippen molar-refractivity contribution in [3.63, 3.8) is 0 Å². The molecular weight excluding hydrogens is 334 g/mol. The summed E-state index contributed by atoms with van der Waals surface area (Å²) in [7, 11) is 0. The van der Waals surface area contributed by atoms with Crippen LogP contribution >= 0.6 is 27.7 Å². The Kier molecular flexibility index (Phi) is 4.32. The predicted octanol–water partition coefficient (Wildman–Crippen LogP) is 4.55. The smallest absolute Gasteiger partial charge is 0.141 e. The van der Waals surface area contributed by atoms with Gasteiger partial charge in [0, 0.05) is 27.6 Å². The van der Waals surface area contributed by atoms with Gasteiger partial charge >= 0.3 is 0 Å². The van der Waals surface area contributed by atoms with Gasteiger partial charge in [-0.05, 0) is 30.7 Å². The summed E-state index contributed by atoms with van der Waals surface area (Å²) in [6, 6.07) is 12.6. The lowest BCUT2D eigenvalue weighted by Crippen LogP contribution is -2.11. The van der Waals surface area contributed by atoms with Crippen LogP contribution < -0.4 is 4.74 Å². The molecule has 0 saturated heterocycles. The fourth-order valence-electron chi connectivity index (χ4n) is 2.38. The van der Waals surface area contributed by atoms with Gasteiger partial charge in [0.2, 0.25) is 0 Å². The number of ether oxygens (including phenoxy) is 1. The van der Waals surface area contributed by atoms with E-state index in [1.165, 1.54) is 10.5 Å². The molecule has 2 nitrogen and oxygen atoms in total. The van der Waals surface area contributed by atoms with Crippen LogP contribution in [-0.2, 0) is 5.33 Å². The van der Waals surface area contributed by atoms with E-state index in [1.54, 1.807) is 0 Å². The first kappa shape index (κ1) is 14.0. The number of pyridine rings is 1. The van der Waals surface area contributed by atoms with E-state index < -0.39 is 0 Å². The lowest BCUT2D eigenvalue weighted by molar-refractivity contribution is 0.294. The summed E-state index contributed by atoms with van der Waals surface area (Å²) in [6.45, 7) is 2.72. The van der Waals surface area contributed by atoms with Gasteiger partial charge in [-0.1, -0.05) is 34.1 Å². The molecule has 104 valence electrons. The third-order valence-corrected chi connectivity index (χ3v) is 5.22. The molecule has 0 aliphatic carbocycles. The number of nitrogens with zero attached hydrogens (tertiary/aromatic N) is 1. The van der Waals surface area contributed by atoms with Gasteiger partial charge in [-0.25, -0.2) is 0 Å². The molecule has 1 atom stereocenters. The van der Waals surface area contributed by atoms with Gasteiger partial charge in [-0.3, -0.25) is 4.98 Å². The van der Waals surface area contributed by atoms with Crippen molar-refractivity contribution in [1.82, 2.24) is 4.98 Å². The second kappa shape index (κ2) is 6.19. The lowest BCUT2D eigenvalue weighted by atomic mass is 10.0. The van der Waals surface area contributed by atoms with Gasteiger partial charge in [0.25, 0.3) is 0 Å². The standard InChI is InChI=1S/C16H16BrNOS/c1-11-6-7-15(14(8-17)18-11)19-9-12-10-20-16-5-3-2-4-13(12)16/h2-7,12H,8-10H2,1H3. The maximum atomic E-state index is 6.02. The fourth-order valence-corrected chi connectivity index (χ4v) is 4.02. The summed E-state index contributed by atoms with van der Waals surface area (Å²) in [5, 5.41) is 0.722. The monoisotopic (exact) mass is 349 g/mol. The number of alkyl halides is 1. The molecule has 0 radical (unpaired) electrons. The SMILES string of the molecule is Cc1ccc(OCC2CSc3ccccc32)c(CBr)n1. The van der Waals surface area contributed by atoms with Crippen molar-refractivity contribution in [2.24, 2.45) is 0 Å². The van der Waals surface area contributed by atoms with Crippen LogP contribution in [0.3, 0.4) is 0 Å². The van der Waals surface area contributed by atoms with Crippen molar-refractivity contribution in [2.75, 3.05) is 12.4 Å². The molecule has 1 aliphatic heterocycles. The number of hydrogen-bond acceptors (Lipinski definition) is 3. The zero-order valence-corrected chi connectivity index (χ0v) is 13.7. The summed E-state index contributed by atoms with van der Waals surface area (Å²) in [6.07, 6.45) is 0. The van der Waals surface area contributed by atoms with Crippen molar-refractivity contribution in [3.05, 3.63) is 53.3 Å². The zero-order valence-electron chi connectivity index (χ0n) is 11.3. The van der Waals surface area contributed by atoms with E-state index in [-0.39, 0.29) is 0 Å². The van der Waals surface area contributed by atoms with E-state index in [9.17, 15) is 0 Å². The lowest BCUT2D eigenvalue weighted by Gasteiger charge is -2.14. The topological polar surface area (TPSA) is 22.1 Å². The van der Waals surface area contributed by atoms with Crippen LogP contribution in [0.15, 0.2) is 41.3 Å². The Labute approximate surface area is 132 Å². The number of aryl methyl sites for hydroxylation is 1. The third-order valence-electron chi connectivity index (χ3n) is 3.44. The molecule has 0 saturated carbocycles. The first-order chi connectivity index (χ1) is 9.78. The first-order valence-electron chi connectivity index (χ1n) is 6.65. The molecule has 1 aromatic carbocycles. The van der Waals surface area contributed by atoms with Crippen LogP contribution in [0.1, 0.15) is 22.9 Å². The summed E-state index contributed by atoms with van der Waals surface area (Å²) < 4.78 is 6.02. The Hall–Kier alpha value is -1.000. The van der Waals surface area contributed by atoms with Crippen LogP contribution in [-0.4, -0.2) is 17.3 Å². The molecule has 2 aromatic rings. The maximum Gasteiger partial charge on any atom is 0.141 e. The van der Waals surface area contributed by atoms with Gasteiger partial charge in [0.05, 0.1) is 12.3 Å². The van der Waals surface area contributed by atoms with E-state index in [0.29, 0.717) is 5.92 Å². The summed E-state index contributed by atoms with van der Waals surface area (Å²) in [5.74, 6) is 2.46. The number of fused-ring (bicyclic) bond motifs is 1. The van der Waals surface area contributed by atoms with Crippen molar-refractivity contribution in [3.8, 4) is 5.75 Å². The minimum atomic E-state index is 0.473. The Morgan fingerprint density at radius 1 is 1.30 bits per heavy atom. The van der Waals surface area contributed by atoms with E-state index in [0.717, 1.165) is 34.8 Å². The zero-order chi connectivity index (χ0) is 13.9. The van der Waals surface area contributed by atoms with Gasteiger partial charge in [0.1, 0.15) is 5.75 Å². The first-order valence-corrected chi connectivity index (χ1v) is 8.75. The molecule has 0 spiro atoms. The molecular formula is C16H16BrNOS. The van der Waals surface area contributed by atoms with Crippen molar-refractivity contribution >= 4 is 27.7 Å². The van der Waals surface area contributed by atoms with Gasteiger partial charge < -0.3 is 4.74 Å². The van der Waals surface area contributed by atoms with Crippen LogP contribution in [0.25, 0.3) is 0 Å². The maximum absolute atomic E-state index is 6.02. The fraction of sp³-hybridized carbons (Fsp3) is 0.312. The second-order valence-electron chi connectivity index (χ2n) is 4.89. The Morgan fingerprint density at radius 3 is 3.00 bits per heavy atom. The highest BCUT2D eigenvalue weighted by molar-refractivity contribution is 9.08. The number of aromatic nitrogens is 1. The minimum absolute atomic E-state index is 0.473. The van der Waals surface area contributed by atoms with Gasteiger partial charge in [-0.2, -0.15) is 0 Å². The molecule has 4 heteroatoms. The highest BCUT2D eigenvalue weighted by Gasteiger charge is 2.23. The number of halogens is 1. The molecule has 1 aromatic heterocycles. The summed E-state index contributed by atoms with van der Waals surface area (Å²) in [4.78, 5) is 5.90. The van der Waals surface area contributed by atoms with Crippen molar-refractivity contribution in [2.45, 2.75) is 23.1 Å². The molecule has 2 heterocycles. The number of hydrogen-bond donors (Lipinski definition) is 0. The van der Waals surface area contributed by atoms with Crippen LogP contribution in [0, 0.1) is 6.92 Å². The molecule has 0 amide bonds. The summed E-state index contributed by atoms with van der Waals surface area (Å²) in [5.41, 5.74) is 3.41. The van der Waals surface area contributed by atoms with E-state index in [1.807, 2.05) is 30.8 Å². The molecule has 20 heavy (non-hydrogen) atoms.